The maximum absolute atomic E-state index is 13.0. The maximum Gasteiger partial charge on any atom is 0.261 e. The summed E-state index contributed by atoms with van der Waals surface area (Å²) in [5, 5.41) is 0. The minimum absolute atomic E-state index is 0.136. The summed E-state index contributed by atoms with van der Waals surface area (Å²) in [5.41, 5.74) is 1.48. The SMILES string of the molecule is O=C(c1cc2c([nH]c1=O)CCOC2)N1CC[C@H](Oc2ccc(F)cc2)C1. The average Bonchev–Trinajstić information content (AvgIpc) is 3.11. The van der Waals surface area contributed by atoms with Gasteiger partial charge in [0.25, 0.3) is 11.5 Å². The number of hydrogen-bond acceptors (Lipinski definition) is 4. The number of hydrogen-bond donors (Lipinski definition) is 1. The van der Waals surface area contributed by atoms with E-state index >= 15 is 0 Å². The van der Waals surface area contributed by atoms with Gasteiger partial charge in [-0.05, 0) is 35.9 Å². The standard InChI is InChI=1S/C19H19FN2O4/c20-13-1-3-14(4-2-13)26-15-5-7-22(10-15)19(24)16-9-12-11-25-8-6-17(12)21-18(16)23/h1-4,9,15H,5-8,10-11H2,(H,21,23)/t15-/m0/s1. The van der Waals surface area contributed by atoms with Crippen molar-refractivity contribution >= 4 is 5.91 Å². The molecule has 0 saturated carbocycles. The number of ether oxygens (including phenoxy) is 2. The number of halogens is 1. The molecule has 1 fully saturated rings. The molecular formula is C19H19FN2O4. The molecule has 2 aromatic rings. The molecule has 0 radical (unpaired) electrons. The Balaban J connectivity index is 1.46. The third-order valence-corrected chi connectivity index (χ3v) is 4.75. The van der Waals surface area contributed by atoms with Crippen LogP contribution in [0.25, 0.3) is 0 Å². The lowest BCUT2D eigenvalue weighted by molar-refractivity contribution is 0.0768. The van der Waals surface area contributed by atoms with Crippen LogP contribution in [0.1, 0.15) is 28.0 Å². The molecular weight excluding hydrogens is 339 g/mol. The molecule has 1 amide bonds. The number of carbonyl (C=O) groups is 1. The van der Waals surface area contributed by atoms with Gasteiger partial charge in [-0.1, -0.05) is 0 Å². The first-order valence-electron chi connectivity index (χ1n) is 8.64. The van der Waals surface area contributed by atoms with Gasteiger partial charge in [-0.15, -0.1) is 0 Å². The van der Waals surface area contributed by atoms with E-state index in [-0.39, 0.29) is 29.0 Å². The van der Waals surface area contributed by atoms with Gasteiger partial charge in [0.1, 0.15) is 23.2 Å². The number of likely N-dealkylation sites (tertiary alicyclic amines) is 1. The summed E-state index contributed by atoms with van der Waals surface area (Å²) in [6.07, 6.45) is 1.13. The van der Waals surface area contributed by atoms with E-state index in [0.717, 1.165) is 11.3 Å². The van der Waals surface area contributed by atoms with Crippen LogP contribution in [0.2, 0.25) is 0 Å². The van der Waals surface area contributed by atoms with E-state index in [0.29, 0.717) is 44.9 Å². The summed E-state index contributed by atoms with van der Waals surface area (Å²) in [4.78, 5) is 29.5. The molecule has 0 aliphatic carbocycles. The fraction of sp³-hybridized carbons (Fsp3) is 0.368. The van der Waals surface area contributed by atoms with E-state index in [1.165, 1.54) is 12.1 Å². The largest absolute Gasteiger partial charge is 0.489 e. The van der Waals surface area contributed by atoms with Gasteiger partial charge in [-0.3, -0.25) is 9.59 Å². The van der Waals surface area contributed by atoms with Crippen LogP contribution in [0.5, 0.6) is 5.75 Å². The highest BCUT2D eigenvalue weighted by atomic mass is 19.1. The number of fused-ring (bicyclic) bond motifs is 1. The van der Waals surface area contributed by atoms with Crippen molar-refractivity contribution in [2.75, 3.05) is 19.7 Å². The van der Waals surface area contributed by atoms with Crippen LogP contribution < -0.4 is 10.3 Å². The van der Waals surface area contributed by atoms with E-state index in [4.69, 9.17) is 9.47 Å². The normalized spacial score (nSPS) is 19.3. The summed E-state index contributed by atoms with van der Waals surface area (Å²) >= 11 is 0. The highest BCUT2D eigenvalue weighted by Crippen LogP contribution is 2.21. The predicted molar refractivity (Wildman–Crippen MR) is 91.8 cm³/mol. The minimum atomic E-state index is -0.362. The van der Waals surface area contributed by atoms with Crippen molar-refractivity contribution in [1.82, 2.24) is 9.88 Å². The molecule has 1 aromatic heterocycles. The van der Waals surface area contributed by atoms with Crippen LogP contribution in [-0.2, 0) is 17.8 Å². The number of pyridine rings is 1. The van der Waals surface area contributed by atoms with Gasteiger partial charge in [0.15, 0.2) is 0 Å². The van der Waals surface area contributed by atoms with Crippen molar-refractivity contribution in [3.8, 4) is 5.75 Å². The summed E-state index contributed by atoms with van der Waals surface area (Å²) in [6, 6.07) is 7.44. The number of H-pyrrole nitrogens is 1. The van der Waals surface area contributed by atoms with Gasteiger partial charge in [0, 0.05) is 25.1 Å². The van der Waals surface area contributed by atoms with Gasteiger partial charge >= 0.3 is 0 Å². The minimum Gasteiger partial charge on any atom is -0.489 e. The highest BCUT2D eigenvalue weighted by Gasteiger charge is 2.30. The number of nitrogens with zero attached hydrogens (tertiary/aromatic N) is 1. The van der Waals surface area contributed by atoms with Crippen molar-refractivity contribution < 1.29 is 18.7 Å². The van der Waals surface area contributed by atoms with Crippen molar-refractivity contribution in [3.05, 3.63) is 63.3 Å². The lowest BCUT2D eigenvalue weighted by atomic mass is 10.1. The zero-order chi connectivity index (χ0) is 18.1. The third-order valence-electron chi connectivity index (χ3n) is 4.75. The molecule has 1 saturated heterocycles. The van der Waals surface area contributed by atoms with Crippen molar-refractivity contribution in [2.24, 2.45) is 0 Å². The second-order valence-electron chi connectivity index (χ2n) is 6.55. The van der Waals surface area contributed by atoms with Gasteiger partial charge in [-0.2, -0.15) is 0 Å². The lowest BCUT2D eigenvalue weighted by Gasteiger charge is -2.19. The maximum atomic E-state index is 13.0. The van der Waals surface area contributed by atoms with Gasteiger partial charge in [-0.25, -0.2) is 4.39 Å². The number of amides is 1. The van der Waals surface area contributed by atoms with Crippen LogP contribution in [0.3, 0.4) is 0 Å². The van der Waals surface area contributed by atoms with Crippen LogP contribution in [0.4, 0.5) is 4.39 Å². The highest BCUT2D eigenvalue weighted by molar-refractivity contribution is 5.94. The fourth-order valence-corrected chi connectivity index (χ4v) is 3.36. The molecule has 1 aromatic carbocycles. The quantitative estimate of drug-likeness (QED) is 0.909. The Labute approximate surface area is 149 Å². The fourth-order valence-electron chi connectivity index (χ4n) is 3.36. The van der Waals surface area contributed by atoms with Gasteiger partial charge in [0.2, 0.25) is 0 Å². The first kappa shape index (κ1) is 16.8. The molecule has 0 spiro atoms. The van der Waals surface area contributed by atoms with E-state index < -0.39 is 0 Å². The van der Waals surface area contributed by atoms with E-state index in [1.54, 1.807) is 23.1 Å². The Bertz CT molecular complexity index is 878. The molecule has 0 unspecified atom stereocenters. The molecule has 1 atom stereocenters. The first-order chi connectivity index (χ1) is 12.6. The Kier molecular flexibility index (Phi) is 4.46. The number of aromatic nitrogens is 1. The Morgan fingerprint density at radius 2 is 2.12 bits per heavy atom. The molecule has 2 aliphatic rings. The van der Waals surface area contributed by atoms with E-state index in [2.05, 4.69) is 4.98 Å². The monoisotopic (exact) mass is 358 g/mol. The molecule has 6 nitrogen and oxygen atoms in total. The number of rotatable bonds is 3. The smallest absolute Gasteiger partial charge is 0.261 e. The van der Waals surface area contributed by atoms with Crippen LogP contribution >= 0.6 is 0 Å². The molecule has 26 heavy (non-hydrogen) atoms. The zero-order valence-corrected chi connectivity index (χ0v) is 14.2. The topological polar surface area (TPSA) is 71.6 Å². The van der Waals surface area contributed by atoms with Crippen molar-refractivity contribution in [3.63, 3.8) is 0 Å². The van der Waals surface area contributed by atoms with Crippen LogP contribution in [0.15, 0.2) is 35.1 Å². The average molecular weight is 358 g/mol. The van der Waals surface area contributed by atoms with Crippen LogP contribution in [-0.4, -0.2) is 41.6 Å². The summed E-state index contributed by atoms with van der Waals surface area (Å²) in [6.45, 7) is 1.88. The lowest BCUT2D eigenvalue weighted by Crippen LogP contribution is -2.35. The predicted octanol–water partition coefficient (Wildman–Crippen LogP) is 1.88. The summed E-state index contributed by atoms with van der Waals surface area (Å²) in [7, 11) is 0. The molecule has 136 valence electrons. The number of aromatic amines is 1. The number of carbonyl (C=O) groups excluding carboxylic acids is 1. The van der Waals surface area contributed by atoms with E-state index in [9.17, 15) is 14.0 Å². The zero-order valence-electron chi connectivity index (χ0n) is 14.2. The number of nitrogens with one attached hydrogen (secondary N) is 1. The van der Waals surface area contributed by atoms with Crippen molar-refractivity contribution in [1.29, 1.82) is 0 Å². The molecule has 2 aliphatic heterocycles. The molecule has 4 rings (SSSR count). The molecule has 1 N–H and O–H groups in total. The Morgan fingerprint density at radius 1 is 1.31 bits per heavy atom. The Hall–Kier alpha value is -2.67. The Morgan fingerprint density at radius 3 is 2.92 bits per heavy atom. The third kappa shape index (κ3) is 3.35. The van der Waals surface area contributed by atoms with Gasteiger partial charge < -0.3 is 19.4 Å². The van der Waals surface area contributed by atoms with Crippen LogP contribution in [0, 0.1) is 5.82 Å². The second-order valence-corrected chi connectivity index (χ2v) is 6.55. The summed E-state index contributed by atoms with van der Waals surface area (Å²) in [5.74, 6) is -0.0597. The summed E-state index contributed by atoms with van der Waals surface area (Å²) < 4.78 is 24.2. The van der Waals surface area contributed by atoms with E-state index in [1.807, 2.05) is 0 Å². The molecule has 0 bridgehead atoms. The first-order valence-corrected chi connectivity index (χ1v) is 8.64. The molecule has 3 heterocycles. The number of benzene rings is 1. The van der Waals surface area contributed by atoms with Crippen molar-refractivity contribution in [2.45, 2.75) is 25.6 Å². The van der Waals surface area contributed by atoms with Gasteiger partial charge in [0.05, 0.1) is 19.8 Å². The molecule has 7 heteroatoms. The second kappa shape index (κ2) is 6.92.